The van der Waals surface area contributed by atoms with E-state index < -0.39 is 17.8 Å². The molecule has 1 aromatic heterocycles. The molecule has 11 heteroatoms. The number of carbonyl (C=O) groups excluding carboxylic acids is 1. The number of hydrogen-bond donors (Lipinski definition) is 1. The third-order valence-electron chi connectivity index (χ3n) is 4.70. The van der Waals surface area contributed by atoms with Crippen LogP contribution in [0.2, 0.25) is 0 Å². The number of anilines is 2. The summed E-state index contributed by atoms with van der Waals surface area (Å²) in [4.78, 5) is 13.3. The first kappa shape index (κ1) is 19.7. The number of benzene rings is 2. The second-order valence-electron chi connectivity index (χ2n) is 6.67. The van der Waals surface area contributed by atoms with Crippen molar-refractivity contribution in [3.05, 3.63) is 59.4 Å². The summed E-state index contributed by atoms with van der Waals surface area (Å²) in [7, 11) is 0. The number of hydrogen-bond acceptors (Lipinski definition) is 6. The number of aromatic nitrogens is 4. The molecule has 0 bridgehead atoms. The molecular formula is C19H17F3N6O2. The zero-order valence-corrected chi connectivity index (χ0v) is 15.8. The topological polar surface area (TPSA) is 85.2 Å². The van der Waals surface area contributed by atoms with Gasteiger partial charge in [-0.3, -0.25) is 4.90 Å². The first-order chi connectivity index (χ1) is 14.3. The average molecular weight is 418 g/mol. The molecule has 8 nitrogen and oxygen atoms in total. The number of aryl methyl sites for hydroxylation is 1. The minimum absolute atomic E-state index is 0.225. The molecule has 0 aliphatic carbocycles. The van der Waals surface area contributed by atoms with Crippen molar-refractivity contribution in [2.75, 3.05) is 23.4 Å². The molecule has 0 spiro atoms. The Bertz CT molecular complexity index is 1060. The van der Waals surface area contributed by atoms with E-state index in [0.717, 1.165) is 23.4 Å². The van der Waals surface area contributed by atoms with Gasteiger partial charge in [-0.1, -0.05) is 6.07 Å². The molecule has 1 fully saturated rings. The predicted octanol–water partition coefficient (Wildman–Crippen LogP) is 3.56. The highest BCUT2D eigenvalue weighted by Crippen LogP contribution is 2.30. The highest BCUT2D eigenvalue weighted by Gasteiger charge is 2.30. The maximum atomic E-state index is 12.8. The van der Waals surface area contributed by atoms with E-state index in [1.54, 1.807) is 0 Å². The van der Waals surface area contributed by atoms with E-state index in [4.69, 9.17) is 4.74 Å². The van der Waals surface area contributed by atoms with Crippen LogP contribution in [0.3, 0.4) is 0 Å². The Kier molecular flexibility index (Phi) is 5.02. The number of cyclic esters (lactones) is 1. The molecule has 4 rings (SSSR count). The van der Waals surface area contributed by atoms with E-state index in [1.165, 1.54) is 21.7 Å². The smallest absolute Gasteiger partial charge is 0.416 e. The van der Waals surface area contributed by atoms with Gasteiger partial charge in [0.2, 0.25) is 0 Å². The molecule has 0 saturated carbocycles. The van der Waals surface area contributed by atoms with Crippen molar-refractivity contribution in [1.82, 2.24) is 20.2 Å². The molecule has 0 atom stereocenters. The molecule has 156 valence electrons. The lowest BCUT2D eigenvalue weighted by molar-refractivity contribution is -0.137. The van der Waals surface area contributed by atoms with Crippen LogP contribution in [0.1, 0.15) is 17.0 Å². The molecule has 0 unspecified atom stereocenters. The number of nitrogens with one attached hydrogen (secondary N) is 1. The summed E-state index contributed by atoms with van der Waals surface area (Å²) in [6.45, 7) is 2.96. The van der Waals surface area contributed by atoms with Gasteiger partial charge in [0.1, 0.15) is 6.61 Å². The molecule has 1 aliphatic rings. The molecular weight excluding hydrogens is 401 g/mol. The van der Waals surface area contributed by atoms with Gasteiger partial charge in [0.05, 0.1) is 24.3 Å². The molecule has 1 aliphatic heterocycles. The molecule has 2 aromatic carbocycles. The standard InChI is InChI=1S/C19H17F3N6O2/c1-12-2-5-15(27-8-9-30-18(27)29)10-16(12)23-11-17-24-25-26-28(17)14-6-3-13(4-7-14)19(20,21)22/h2-7,10,23H,8-9,11H2,1H3. The minimum atomic E-state index is -4.41. The lowest BCUT2D eigenvalue weighted by atomic mass is 10.1. The van der Waals surface area contributed by atoms with Crippen LogP contribution in [-0.4, -0.2) is 39.5 Å². The second kappa shape index (κ2) is 7.65. The van der Waals surface area contributed by atoms with Crippen molar-refractivity contribution >= 4 is 17.5 Å². The predicted molar refractivity (Wildman–Crippen MR) is 101 cm³/mol. The van der Waals surface area contributed by atoms with Crippen molar-refractivity contribution in [3.8, 4) is 5.69 Å². The van der Waals surface area contributed by atoms with E-state index >= 15 is 0 Å². The molecule has 30 heavy (non-hydrogen) atoms. The van der Waals surface area contributed by atoms with Crippen LogP contribution >= 0.6 is 0 Å². The van der Waals surface area contributed by atoms with Crippen LogP contribution in [0, 0.1) is 6.92 Å². The van der Waals surface area contributed by atoms with Crippen LogP contribution in [0.5, 0.6) is 0 Å². The summed E-state index contributed by atoms with van der Waals surface area (Å²) in [6, 6.07) is 10.1. The largest absolute Gasteiger partial charge is 0.447 e. The van der Waals surface area contributed by atoms with Crippen LogP contribution in [0.25, 0.3) is 5.69 Å². The number of rotatable bonds is 5. The maximum absolute atomic E-state index is 12.8. The van der Waals surface area contributed by atoms with Gasteiger partial charge in [-0.15, -0.1) is 5.10 Å². The van der Waals surface area contributed by atoms with Gasteiger partial charge in [-0.2, -0.15) is 17.9 Å². The summed E-state index contributed by atoms with van der Waals surface area (Å²) < 4.78 is 44.6. The Morgan fingerprint density at radius 2 is 1.87 bits per heavy atom. The van der Waals surface area contributed by atoms with Gasteiger partial charge in [-0.25, -0.2) is 4.79 Å². The van der Waals surface area contributed by atoms with Gasteiger partial charge in [0.15, 0.2) is 5.82 Å². The molecule has 3 aromatic rings. The summed E-state index contributed by atoms with van der Waals surface area (Å²) in [5, 5.41) is 14.7. The third kappa shape index (κ3) is 3.91. The molecule has 1 saturated heterocycles. The normalized spacial score (nSPS) is 14.1. The van der Waals surface area contributed by atoms with Crippen LogP contribution in [-0.2, 0) is 17.5 Å². The number of alkyl halides is 3. The maximum Gasteiger partial charge on any atom is 0.416 e. The third-order valence-corrected chi connectivity index (χ3v) is 4.70. The molecule has 1 N–H and O–H groups in total. The van der Waals surface area contributed by atoms with E-state index in [1.807, 2.05) is 25.1 Å². The number of nitrogens with zero attached hydrogens (tertiary/aromatic N) is 5. The summed E-state index contributed by atoms with van der Waals surface area (Å²) >= 11 is 0. The fourth-order valence-electron chi connectivity index (χ4n) is 3.08. The van der Waals surface area contributed by atoms with Crippen LogP contribution in [0.15, 0.2) is 42.5 Å². The van der Waals surface area contributed by atoms with E-state index in [2.05, 4.69) is 20.8 Å². The number of carbonyl (C=O) groups is 1. The van der Waals surface area contributed by atoms with Gasteiger partial charge in [0, 0.05) is 11.4 Å². The van der Waals surface area contributed by atoms with E-state index in [9.17, 15) is 18.0 Å². The lowest BCUT2D eigenvalue weighted by Crippen LogP contribution is -2.23. The molecule has 2 heterocycles. The Hall–Kier alpha value is -3.63. The fourth-order valence-corrected chi connectivity index (χ4v) is 3.08. The molecule has 0 radical (unpaired) electrons. The van der Waals surface area contributed by atoms with Gasteiger partial charge >= 0.3 is 12.3 Å². The highest BCUT2D eigenvalue weighted by atomic mass is 19.4. The van der Waals surface area contributed by atoms with Gasteiger partial charge < -0.3 is 10.1 Å². The van der Waals surface area contributed by atoms with Gasteiger partial charge in [0.25, 0.3) is 0 Å². The average Bonchev–Trinajstić information content (AvgIpc) is 3.36. The minimum Gasteiger partial charge on any atom is -0.447 e. The SMILES string of the molecule is Cc1ccc(N2CCOC2=O)cc1NCc1nnnn1-c1ccc(C(F)(F)F)cc1. The first-order valence-corrected chi connectivity index (χ1v) is 9.06. The second-order valence-corrected chi connectivity index (χ2v) is 6.67. The zero-order valence-electron chi connectivity index (χ0n) is 15.8. The van der Waals surface area contributed by atoms with Crippen molar-refractivity contribution in [3.63, 3.8) is 0 Å². The quantitative estimate of drug-likeness (QED) is 0.682. The van der Waals surface area contributed by atoms with Crippen molar-refractivity contribution in [1.29, 1.82) is 0 Å². The number of tetrazole rings is 1. The fraction of sp³-hybridized carbons (Fsp3) is 0.263. The van der Waals surface area contributed by atoms with Crippen molar-refractivity contribution in [2.45, 2.75) is 19.6 Å². The van der Waals surface area contributed by atoms with Crippen LogP contribution < -0.4 is 10.2 Å². The Balaban J connectivity index is 1.52. The monoisotopic (exact) mass is 418 g/mol. The van der Waals surface area contributed by atoms with E-state index in [-0.39, 0.29) is 6.54 Å². The highest BCUT2D eigenvalue weighted by molar-refractivity contribution is 5.90. The molecule has 1 amide bonds. The van der Waals surface area contributed by atoms with Crippen molar-refractivity contribution in [2.24, 2.45) is 0 Å². The van der Waals surface area contributed by atoms with Crippen LogP contribution in [0.4, 0.5) is 29.3 Å². The first-order valence-electron chi connectivity index (χ1n) is 9.06. The Labute approximate surface area is 169 Å². The number of ether oxygens (including phenoxy) is 1. The lowest BCUT2D eigenvalue weighted by Gasteiger charge is -2.16. The zero-order chi connectivity index (χ0) is 21.3. The summed E-state index contributed by atoms with van der Waals surface area (Å²) in [5.41, 5.74) is 2.09. The number of halogens is 3. The summed E-state index contributed by atoms with van der Waals surface area (Å²) in [5.74, 6) is 0.417. The summed E-state index contributed by atoms with van der Waals surface area (Å²) in [6.07, 6.45) is -4.80. The van der Waals surface area contributed by atoms with E-state index in [0.29, 0.717) is 30.4 Å². The van der Waals surface area contributed by atoms with Crippen molar-refractivity contribution < 1.29 is 22.7 Å². The Morgan fingerprint density at radius 1 is 1.13 bits per heavy atom. The number of amides is 1. The Morgan fingerprint density at radius 3 is 2.53 bits per heavy atom. The van der Waals surface area contributed by atoms with Gasteiger partial charge in [-0.05, 0) is 59.3 Å².